The van der Waals surface area contributed by atoms with Crippen LogP contribution in [0.25, 0.3) is 22.4 Å². The number of amides is 2. The molecule has 2 aliphatic heterocycles. The van der Waals surface area contributed by atoms with Gasteiger partial charge in [0.1, 0.15) is 11.5 Å². The Kier molecular flexibility index (Phi) is 5.13. The van der Waals surface area contributed by atoms with Gasteiger partial charge in [0.15, 0.2) is 5.82 Å². The molecule has 160 valence electrons. The van der Waals surface area contributed by atoms with Gasteiger partial charge in [0, 0.05) is 31.0 Å². The minimum Gasteiger partial charge on any atom is -0.350 e. The van der Waals surface area contributed by atoms with Crippen molar-refractivity contribution in [3.8, 4) is 22.4 Å². The number of hydrogen-bond donors (Lipinski definition) is 1. The SMILES string of the molecule is NC(=O)N1c2c(-c3ccncc3)c(-c3ccc(F)cc3)nn2CCN1N1CCCCC1. The van der Waals surface area contributed by atoms with Gasteiger partial charge in [0.25, 0.3) is 0 Å². The van der Waals surface area contributed by atoms with Gasteiger partial charge < -0.3 is 5.73 Å². The highest BCUT2D eigenvalue weighted by Gasteiger charge is 2.37. The largest absolute Gasteiger partial charge is 0.350 e. The number of urea groups is 1. The third kappa shape index (κ3) is 3.55. The number of anilines is 1. The van der Waals surface area contributed by atoms with Crippen LogP contribution in [0.1, 0.15) is 19.3 Å². The maximum Gasteiger partial charge on any atom is 0.336 e. The molecule has 3 aromatic rings. The molecule has 5 rings (SSSR count). The fourth-order valence-electron chi connectivity index (χ4n) is 4.41. The molecule has 2 amide bonds. The number of hydrogen-bond acceptors (Lipinski definition) is 5. The second kappa shape index (κ2) is 8.09. The number of carbonyl (C=O) groups excluding carboxylic acids is 1. The van der Waals surface area contributed by atoms with Gasteiger partial charge in [-0.15, -0.1) is 5.12 Å². The summed E-state index contributed by atoms with van der Waals surface area (Å²) in [5.74, 6) is 0.308. The van der Waals surface area contributed by atoms with Crippen LogP contribution in [-0.4, -0.2) is 50.6 Å². The quantitative estimate of drug-likeness (QED) is 0.702. The van der Waals surface area contributed by atoms with E-state index < -0.39 is 6.03 Å². The van der Waals surface area contributed by atoms with E-state index in [0.717, 1.165) is 42.6 Å². The van der Waals surface area contributed by atoms with E-state index in [1.807, 2.05) is 21.9 Å². The molecule has 1 fully saturated rings. The Hall–Kier alpha value is -3.30. The number of benzene rings is 1. The summed E-state index contributed by atoms with van der Waals surface area (Å²) in [5.41, 5.74) is 8.99. The summed E-state index contributed by atoms with van der Waals surface area (Å²) in [6.07, 6.45) is 6.76. The first kappa shape index (κ1) is 19.7. The molecule has 1 saturated heterocycles. The second-order valence-corrected chi connectivity index (χ2v) is 7.77. The van der Waals surface area contributed by atoms with Crippen LogP contribution in [0.5, 0.6) is 0 Å². The van der Waals surface area contributed by atoms with Gasteiger partial charge in [-0.25, -0.2) is 18.9 Å². The summed E-state index contributed by atoms with van der Waals surface area (Å²) in [4.78, 5) is 16.8. The van der Waals surface area contributed by atoms with Crippen molar-refractivity contribution >= 4 is 11.8 Å². The molecule has 0 atom stereocenters. The van der Waals surface area contributed by atoms with Crippen molar-refractivity contribution < 1.29 is 9.18 Å². The van der Waals surface area contributed by atoms with E-state index in [9.17, 15) is 9.18 Å². The highest BCUT2D eigenvalue weighted by molar-refractivity contribution is 5.98. The van der Waals surface area contributed by atoms with E-state index in [4.69, 9.17) is 10.8 Å². The molecule has 9 heteroatoms. The van der Waals surface area contributed by atoms with Crippen molar-refractivity contribution in [2.24, 2.45) is 5.73 Å². The van der Waals surface area contributed by atoms with E-state index in [-0.39, 0.29) is 5.82 Å². The zero-order chi connectivity index (χ0) is 21.4. The molecule has 2 aliphatic rings. The Morgan fingerprint density at radius 1 is 0.903 bits per heavy atom. The first-order valence-electron chi connectivity index (χ1n) is 10.5. The number of nitrogens with zero attached hydrogens (tertiary/aromatic N) is 6. The Bertz CT molecular complexity index is 1080. The fraction of sp³-hybridized carbons (Fsp3) is 0.318. The minimum absolute atomic E-state index is 0.312. The standard InChI is InChI=1S/C22H24FN7O/c23-18-6-4-17(5-7-18)20-19(16-8-10-25-11-9-16)21-28(26-20)14-15-29(30(21)22(24)31)27-12-2-1-3-13-27/h4-11H,1-3,12-15H2,(H2,24,31). The average molecular weight is 421 g/mol. The third-order valence-electron chi connectivity index (χ3n) is 5.82. The van der Waals surface area contributed by atoms with Crippen LogP contribution in [0.3, 0.4) is 0 Å². The summed E-state index contributed by atoms with van der Waals surface area (Å²) >= 11 is 0. The highest BCUT2D eigenvalue weighted by Crippen LogP contribution is 2.41. The molecule has 0 aliphatic carbocycles. The van der Waals surface area contributed by atoms with Crippen LogP contribution >= 0.6 is 0 Å². The molecule has 1 aromatic carbocycles. The van der Waals surface area contributed by atoms with E-state index in [2.05, 4.69) is 9.99 Å². The minimum atomic E-state index is -0.563. The van der Waals surface area contributed by atoms with Crippen molar-refractivity contribution in [1.29, 1.82) is 0 Å². The number of halogens is 1. The number of piperidine rings is 1. The molecular formula is C22H24FN7O. The zero-order valence-electron chi connectivity index (χ0n) is 17.1. The molecule has 0 radical (unpaired) electrons. The predicted octanol–water partition coefficient (Wildman–Crippen LogP) is 3.27. The van der Waals surface area contributed by atoms with Crippen molar-refractivity contribution in [1.82, 2.24) is 24.9 Å². The topological polar surface area (TPSA) is 83.5 Å². The Morgan fingerprint density at radius 2 is 1.61 bits per heavy atom. The van der Waals surface area contributed by atoms with Gasteiger partial charge in [0.2, 0.25) is 0 Å². The lowest BCUT2D eigenvalue weighted by molar-refractivity contribution is -0.0518. The smallest absolute Gasteiger partial charge is 0.336 e. The number of primary amides is 1. The molecular weight excluding hydrogens is 397 g/mol. The van der Waals surface area contributed by atoms with Crippen LogP contribution in [0.4, 0.5) is 15.0 Å². The number of pyridine rings is 1. The lowest BCUT2D eigenvalue weighted by atomic mass is 10.0. The summed E-state index contributed by atoms with van der Waals surface area (Å²) in [6, 6.07) is 9.42. The molecule has 2 aromatic heterocycles. The lowest BCUT2D eigenvalue weighted by Gasteiger charge is -2.45. The predicted molar refractivity (Wildman–Crippen MR) is 115 cm³/mol. The zero-order valence-corrected chi connectivity index (χ0v) is 17.1. The molecule has 0 saturated carbocycles. The number of hydrazine groups is 2. The maximum atomic E-state index is 13.6. The molecule has 0 bridgehead atoms. The molecule has 4 heterocycles. The summed E-state index contributed by atoms with van der Waals surface area (Å²) in [5, 5.41) is 10.5. The molecule has 0 spiro atoms. The second-order valence-electron chi connectivity index (χ2n) is 7.77. The Labute approximate surface area is 179 Å². The van der Waals surface area contributed by atoms with E-state index >= 15 is 0 Å². The highest BCUT2D eigenvalue weighted by atomic mass is 19.1. The van der Waals surface area contributed by atoms with Crippen LogP contribution in [0.15, 0.2) is 48.8 Å². The van der Waals surface area contributed by atoms with E-state index in [1.165, 1.54) is 23.6 Å². The van der Waals surface area contributed by atoms with Crippen LogP contribution in [-0.2, 0) is 6.54 Å². The Balaban J connectivity index is 1.69. The summed E-state index contributed by atoms with van der Waals surface area (Å²) in [7, 11) is 0. The monoisotopic (exact) mass is 421 g/mol. The van der Waals surface area contributed by atoms with Gasteiger partial charge in [-0.05, 0) is 54.8 Å². The van der Waals surface area contributed by atoms with Crippen molar-refractivity contribution in [3.63, 3.8) is 0 Å². The average Bonchev–Trinajstić information content (AvgIpc) is 3.19. The van der Waals surface area contributed by atoms with Crippen LogP contribution in [0.2, 0.25) is 0 Å². The molecule has 0 unspecified atom stereocenters. The Morgan fingerprint density at radius 3 is 2.29 bits per heavy atom. The number of nitrogens with two attached hydrogens (primary N) is 1. The van der Waals surface area contributed by atoms with Crippen molar-refractivity contribution in [2.75, 3.05) is 24.6 Å². The molecule has 8 nitrogen and oxygen atoms in total. The van der Waals surface area contributed by atoms with Gasteiger partial charge >= 0.3 is 6.03 Å². The van der Waals surface area contributed by atoms with Crippen LogP contribution in [0, 0.1) is 5.82 Å². The first-order chi connectivity index (χ1) is 15.1. The van der Waals surface area contributed by atoms with E-state index in [1.54, 1.807) is 24.5 Å². The van der Waals surface area contributed by atoms with Gasteiger partial charge in [-0.1, -0.05) is 6.42 Å². The van der Waals surface area contributed by atoms with Gasteiger partial charge in [-0.2, -0.15) is 10.1 Å². The summed E-state index contributed by atoms with van der Waals surface area (Å²) in [6.45, 7) is 2.96. The number of fused-ring (bicyclic) bond motifs is 1. The fourth-order valence-corrected chi connectivity index (χ4v) is 4.41. The normalized spacial score (nSPS) is 17.5. The van der Waals surface area contributed by atoms with Gasteiger partial charge in [0.05, 0.1) is 18.7 Å². The maximum absolute atomic E-state index is 13.6. The first-order valence-corrected chi connectivity index (χ1v) is 10.5. The number of rotatable bonds is 3. The van der Waals surface area contributed by atoms with Gasteiger partial charge in [-0.3, -0.25) is 4.98 Å². The number of carbonyl (C=O) groups is 1. The molecule has 31 heavy (non-hydrogen) atoms. The van der Waals surface area contributed by atoms with Crippen molar-refractivity contribution in [2.45, 2.75) is 25.8 Å². The molecule has 2 N–H and O–H groups in total. The summed E-state index contributed by atoms with van der Waals surface area (Å²) < 4.78 is 15.4. The lowest BCUT2D eigenvalue weighted by Crippen LogP contribution is -2.62. The van der Waals surface area contributed by atoms with Crippen LogP contribution < -0.4 is 10.7 Å². The van der Waals surface area contributed by atoms with Crippen molar-refractivity contribution in [3.05, 3.63) is 54.6 Å². The number of aromatic nitrogens is 3. The third-order valence-corrected chi connectivity index (χ3v) is 5.82. The van der Waals surface area contributed by atoms with E-state index in [0.29, 0.717) is 24.6 Å².